The van der Waals surface area contributed by atoms with Gasteiger partial charge < -0.3 is 5.11 Å². The molecule has 1 saturated carbocycles. The van der Waals surface area contributed by atoms with Crippen molar-refractivity contribution in [2.24, 2.45) is 0 Å². The number of benzene rings is 1. The van der Waals surface area contributed by atoms with Crippen molar-refractivity contribution in [1.29, 1.82) is 0 Å². The lowest BCUT2D eigenvalue weighted by molar-refractivity contribution is 0.0199. The average molecular weight is 349 g/mol. The summed E-state index contributed by atoms with van der Waals surface area (Å²) >= 11 is 3.56. The quantitative estimate of drug-likeness (QED) is 0.878. The Balaban J connectivity index is 2.00. The standard InChI is InChI=1S/C17H21BrN2O/c1-2-11-20-15(14(18)12-19-20)16(21)17(9-6-10-17)13-7-4-3-5-8-13/h3-5,7-8,12,16,21H,2,6,9-11H2,1H3. The minimum Gasteiger partial charge on any atom is -0.386 e. The van der Waals surface area contributed by atoms with Crippen LogP contribution in [0.5, 0.6) is 0 Å². The Labute approximate surface area is 134 Å². The van der Waals surface area contributed by atoms with Crippen LogP contribution in [-0.4, -0.2) is 14.9 Å². The van der Waals surface area contributed by atoms with Crippen molar-refractivity contribution < 1.29 is 5.11 Å². The molecule has 1 heterocycles. The highest BCUT2D eigenvalue weighted by Gasteiger charge is 2.47. The molecule has 112 valence electrons. The fraction of sp³-hybridized carbons (Fsp3) is 0.471. The van der Waals surface area contributed by atoms with E-state index in [1.165, 1.54) is 12.0 Å². The van der Waals surface area contributed by atoms with Gasteiger partial charge in [-0.25, -0.2) is 0 Å². The van der Waals surface area contributed by atoms with Gasteiger partial charge in [0.25, 0.3) is 0 Å². The van der Waals surface area contributed by atoms with Gasteiger partial charge in [-0.2, -0.15) is 5.10 Å². The number of nitrogens with zero attached hydrogens (tertiary/aromatic N) is 2. The second kappa shape index (κ2) is 5.93. The Bertz CT molecular complexity index is 605. The third-order valence-corrected chi connectivity index (χ3v) is 5.26. The highest BCUT2D eigenvalue weighted by atomic mass is 79.9. The third kappa shape index (κ3) is 2.44. The second-order valence-corrected chi connectivity index (χ2v) is 6.73. The molecule has 2 aromatic rings. The number of hydrogen-bond donors (Lipinski definition) is 1. The van der Waals surface area contributed by atoms with E-state index in [2.05, 4.69) is 52.2 Å². The predicted octanol–water partition coefficient (Wildman–Crippen LogP) is 4.21. The summed E-state index contributed by atoms with van der Waals surface area (Å²) in [5.41, 5.74) is 2.00. The van der Waals surface area contributed by atoms with Gasteiger partial charge in [0.1, 0.15) is 6.10 Å². The second-order valence-electron chi connectivity index (χ2n) is 5.88. The summed E-state index contributed by atoms with van der Waals surface area (Å²) in [7, 11) is 0. The van der Waals surface area contributed by atoms with Crippen molar-refractivity contribution in [2.75, 3.05) is 0 Å². The molecule has 3 rings (SSSR count). The van der Waals surface area contributed by atoms with Crippen LogP contribution in [0.25, 0.3) is 0 Å². The highest BCUT2D eigenvalue weighted by molar-refractivity contribution is 9.10. The summed E-state index contributed by atoms with van der Waals surface area (Å²) < 4.78 is 2.85. The topological polar surface area (TPSA) is 38.0 Å². The molecule has 1 fully saturated rings. The summed E-state index contributed by atoms with van der Waals surface area (Å²) in [6, 6.07) is 10.4. The fourth-order valence-electron chi connectivity index (χ4n) is 3.34. The third-order valence-electron chi connectivity index (χ3n) is 4.65. The van der Waals surface area contributed by atoms with Crippen LogP contribution in [0, 0.1) is 0 Å². The van der Waals surface area contributed by atoms with Gasteiger partial charge in [0.15, 0.2) is 0 Å². The first-order valence-electron chi connectivity index (χ1n) is 7.64. The predicted molar refractivity (Wildman–Crippen MR) is 87.1 cm³/mol. The van der Waals surface area contributed by atoms with Gasteiger partial charge in [0, 0.05) is 12.0 Å². The van der Waals surface area contributed by atoms with Crippen LogP contribution < -0.4 is 0 Å². The lowest BCUT2D eigenvalue weighted by Crippen LogP contribution is -2.41. The molecule has 1 aliphatic rings. The monoisotopic (exact) mass is 348 g/mol. The molecule has 0 aliphatic heterocycles. The number of hydrogen-bond acceptors (Lipinski definition) is 2. The number of aryl methyl sites for hydroxylation is 1. The Hall–Kier alpha value is -1.13. The van der Waals surface area contributed by atoms with Gasteiger partial charge in [-0.05, 0) is 40.8 Å². The first kappa shape index (κ1) is 14.8. The molecule has 1 atom stereocenters. The lowest BCUT2D eigenvalue weighted by Gasteiger charge is -2.46. The molecule has 0 radical (unpaired) electrons. The van der Waals surface area contributed by atoms with Crippen molar-refractivity contribution in [3.05, 3.63) is 52.3 Å². The number of aromatic nitrogens is 2. The van der Waals surface area contributed by atoms with Crippen LogP contribution in [0.15, 0.2) is 41.0 Å². The van der Waals surface area contributed by atoms with E-state index in [0.717, 1.165) is 36.0 Å². The van der Waals surface area contributed by atoms with Gasteiger partial charge >= 0.3 is 0 Å². The first-order chi connectivity index (χ1) is 10.2. The van der Waals surface area contributed by atoms with Crippen molar-refractivity contribution in [1.82, 2.24) is 9.78 Å². The molecule has 1 aromatic carbocycles. The molecule has 3 nitrogen and oxygen atoms in total. The fourth-order valence-corrected chi connectivity index (χ4v) is 3.86. The molecule has 0 spiro atoms. The molecule has 1 aliphatic carbocycles. The van der Waals surface area contributed by atoms with E-state index in [9.17, 15) is 5.11 Å². The molecular formula is C17H21BrN2O. The van der Waals surface area contributed by atoms with Crippen molar-refractivity contribution in [2.45, 2.75) is 50.7 Å². The van der Waals surface area contributed by atoms with Crippen LogP contribution in [0.1, 0.15) is 50.0 Å². The maximum Gasteiger partial charge on any atom is 0.106 e. The minimum atomic E-state index is -0.517. The van der Waals surface area contributed by atoms with E-state index in [-0.39, 0.29) is 5.41 Å². The van der Waals surface area contributed by atoms with Gasteiger partial charge in [0.05, 0.1) is 16.4 Å². The van der Waals surface area contributed by atoms with Crippen LogP contribution in [0.3, 0.4) is 0 Å². The van der Waals surface area contributed by atoms with Crippen LogP contribution in [0.2, 0.25) is 0 Å². The van der Waals surface area contributed by atoms with Gasteiger partial charge in [-0.3, -0.25) is 4.68 Å². The van der Waals surface area contributed by atoms with Crippen molar-refractivity contribution in [3.8, 4) is 0 Å². The van der Waals surface area contributed by atoms with E-state index in [1.54, 1.807) is 6.20 Å². The zero-order valence-corrected chi connectivity index (χ0v) is 13.9. The molecule has 4 heteroatoms. The van der Waals surface area contributed by atoms with E-state index < -0.39 is 6.10 Å². The summed E-state index contributed by atoms with van der Waals surface area (Å²) in [6.45, 7) is 2.96. The highest BCUT2D eigenvalue weighted by Crippen LogP contribution is 2.52. The molecule has 1 aromatic heterocycles. The van der Waals surface area contributed by atoms with E-state index in [1.807, 2.05) is 10.7 Å². The largest absolute Gasteiger partial charge is 0.386 e. The Morgan fingerprint density at radius 3 is 2.62 bits per heavy atom. The molecule has 0 amide bonds. The van der Waals surface area contributed by atoms with Gasteiger partial charge in [0.2, 0.25) is 0 Å². The molecule has 0 saturated heterocycles. The Kier molecular flexibility index (Phi) is 4.18. The summed E-state index contributed by atoms with van der Waals surface area (Å²) in [6.07, 6.45) is 5.52. The first-order valence-corrected chi connectivity index (χ1v) is 8.43. The number of rotatable bonds is 5. The normalized spacial score (nSPS) is 18.2. The Morgan fingerprint density at radius 1 is 1.33 bits per heavy atom. The van der Waals surface area contributed by atoms with Crippen LogP contribution in [0.4, 0.5) is 0 Å². The molecular weight excluding hydrogens is 328 g/mol. The maximum atomic E-state index is 11.1. The molecule has 1 N–H and O–H groups in total. The number of aliphatic hydroxyl groups excluding tert-OH is 1. The Morgan fingerprint density at radius 2 is 2.05 bits per heavy atom. The summed E-state index contributed by atoms with van der Waals surface area (Å²) in [5.74, 6) is 0. The van der Waals surface area contributed by atoms with Crippen LogP contribution >= 0.6 is 15.9 Å². The number of halogens is 1. The average Bonchev–Trinajstić information content (AvgIpc) is 2.80. The molecule has 1 unspecified atom stereocenters. The zero-order valence-electron chi connectivity index (χ0n) is 12.3. The van der Waals surface area contributed by atoms with E-state index >= 15 is 0 Å². The van der Waals surface area contributed by atoms with E-state index in [4.69, 9.17) is 0 Å². The zero-order chi connectivity index (χ0) is 14.9. The summed E-state index contributed by atoms with van der Waals surface area (Å²) in [4.78, 5) is 0. The summed E-state index contributed by atoms with van der Waals surface area (Å²) in [5, 5.41) is 15.5. The smallest absolute Gasteiger partial charge is 0.106 e. The molecule has 21 heavy (non-hydrogen) atoms. The SMILES string of the molecule is CCCn1ncc(Br)c1C(O)C1(c2ccccc2)CCC1. The van der Waals surface area contributed by atoms with Gasteiger partial charge in [-0.15, -0.1) is 0 Å². The lowest BCUT2D eigenvalue weighted by atomic mass is 9.60. The van der Waals surface area contributed by atoms with Crippen molar-refractivity contribution in [3.63, 3.8) is 0 Å². The number of aliphatic hydroxyl groups is 1. The van der Waals surface area contributed by atoms with Crippen molar-refractivity contribution >= 4 is 15.9 Å². The minimum absolute atomic E-state index is 0.157. The maximum absolute atomic E-state index is 11.1. The van der Waals surface area contributed by atoms with Gasteiger partial charge in [-0.1, -0.05) is 43.7 Å². The molecule has 0 bridgehead atoms. The van der Waals surface area contributed by atoms with E-state index in [0.29, 0.717) is 0 Å². The van der Waals surface area contributed by atoms with Crippen LogP contribution in [-0.2, 0) is 12.0 Å².